The average Bonchev–Trinajstić information content (AvgIpc) is 2.92. The van der Waals surface area contributed by atoms with Crippen molar-refractivity contribution in [1.82, 2.24) is 20.2 Å². The van der Waals surface area contributed by atoms with E-state index in [1.165, 1.54) is 17.5 Å². The normalized spacial score (nSPS) is 17.5. The Hall–Kier alpha value is -1.50. The van der Waals surface area contributed by atoms with Crippen LogP contribution in [0.25, 0.3) is 11.3 Å². The quantitative estimate of drug-likeness (QED) is 0.916. The van der Waals surface area contributed by atoms with Crippen molar-refractivity contribution in [3.05, 3.63) is 33.9 Å². The van der Waals surface area contributed by atoms with Gasteiger partial charge in [-0.05, 0) is 13.8 Å². The van der Waals surface area contributed by atoms with Crippen LogP contribution in [0.5, 0.6) is 0 Å². The molecule has 7 heteroatoms. The minimum Gasteiger partial charge on any atom is -0.334 e. The van der Waals surface area contributed by atoms with Gasteiger partial charge in [-0.3, -0.25) is 9.78 Å². The molecule has 0 aromatic carbocycles. The number of nitrogens with one attached hydrogen (secondary N) is 1. The zero-order valence-electron chi connectivity index (χ0n) is 12.5. The number of hydrogen-bond donors (Lipinski definition) is 1. The van der Waals surface area contributed by atoms with Crippen LogP contribution in [0.2, 0.25) is 5.02 Å². The highest BCUT2D eigenvalue weighted by atomic mass is 35.5. The van der Waals surface area contributed by atoms with E-state index in [1.54, 1.807) is 6.20 Å². The molecule has 1 aliphatic heterocycles. The SMILES string of the molecule is CC1(C)CN(C(=O)c2cnc(-c3cscc3Cl)cn2)CCN1. The van der Waals surface area contributed by atoms with Crippen LogP contribution in [0, 0.1) is 0 Å². The number of halogens is 1. The maximum Gasteiger partial charge on any atom is 0.274 e. The van der Waals surface area contributed by atoms with Crippen molar-refractivity contribution >= 4 is 28.8 Å². The first-order chi connectivity index (χ1) is 10.5. The third kappa shape index (κ3) is 3.14. The Morgan fingerprint density at radius 1 is 1.36 bits per heavy atom. The van der Waals surface area contributed by atoms with Crippen LogP contribution in [0.1, 0.15) is 24.3 Å². The van der Waals surface area contributed by atoms with Crippen LogP contribution in [-0.4, -0.2) is 45.9 Å². The van der Waals surface area contributed by atoms with Crippen LogP contribution in [-0.2, 0) is 0 Å². The van der Waals surface area contributed by atoms with Crippen LogP contribution in [0.15, 0.2) is 23.2 Å². The maximum absolute atomic E-state index is 12.5. The molecule has 0 bridgehead atoms. The number of hydrogen-bond acceptors (Lipinski definition) is 5. The monoisotopic (exact) mass is 336 g/mol. The van der Waals surface area contributed by atoms with Crippen molar-refractivity contribution in [2.45, 2.75) is 19.4 Å². The van der Waals surface area contributed by atoms with Gasteiger partial charge in [0.15, 0.2) is 0 Å². The van der Waals surface area contributed by atoms with Crippen LogP contribution in [0.3, 0.4) is 0 Å². The minimum atomic E-state index is -0.0787. The van der Waals surface area contributed by atoms with E-state index in [-0.39, 0.29) is 11.4 Å². The first kappa shape index (κ1) is 15.4. The summed E-state index contributed by atoms with van der Waals surface area (Å²) in [5.41, 5.74) is 1.82. The van der Waals surface area contributed by atoms with Gasteiger partial charge in [0.1, 0.15) is 5.69 Å². The lowest BCUT2D eigenvalue weighted by molar-refractivity contribution is 0.0646. The molecule has 2 aromatic rings. The van der Waals surface area contributed by atoms with E-state index in [4.69, 9.17) is 11.6 Å². The van der Waals surface area contributed by atoms with Gasteiger partial charge in [0.25, 0.3) is 5.91 Å². The zero-order valence-corrected chi connectivity index (χ0v) is 14.0. The predicted octanol–water partition coefficient (Wildman–Crippen LogP) is 2.68. The summed E-state index contributed by atoms with van der Waals surface area (Å²) in [5.74, 6) is -0.0787. The fourth-order valence-corrected chi connectivity index (χ4v) is 3.59. The number of amides is 1. The smallest absolute Gasteiger partial charge is 0.274 e. The summed E-state index contributed by atoms with van der Waals surface area (Å²) in [6, 6.07) is 0. The molecule has 1 aliphatic rings. The second-order valence-electron chi connectivity index (χ2n) is 5.96. The predicted molar refractivity (Wildman–Crippen MR) is 88.3 cm³/mol. The highest BCUT2D eigenvalue weighted by Gasteiger charge is 2.29. The number of thiophene rings is 1. The molecule has 3 rings (SSSR count). The molecule has 1 fully saturated rings. The summed E-state index contributed by atoms with van der Waals surface area (Å²) >= 11 is 7.60. The Labute approximate surface area is 138 Å². The van der Waals surface area contributed by atoms with Crippen molar-refractivity contribution in [2.75, 3.05) is 19.6 Å². The molecule has 1 N–H and O–H groups in total. The molecule has 116 valence electrons. The lowest BCUT2D eigenvalue weighted by atomic mass is 10.0. The van der Waals surface area contributed by atoms with E-state index in [9.17, 15) is 4.79 Å². The summed E-state index contributed by atoms with van der Waals surface area (Å²) in [6.45, 7) is 6.29. The third-order valence-electron chi connectivity index (χ3n) is 3.62. The molecule has 0 spiro atoms. The molecular weight excluding hydrogens is 320 g/mol. The maximum atomic E-state index is 12.5. The molecule has 0 radical (unpaired) electrons. The number of aromatic nitrogens is 2. The van der Waals surface area contributed by atoms with Gasteiger partial charge in [-0.25, -0.2) is 4.98 Å². The highest BCUT2D eigenvalue weighted by molar-refractivity contribution is 7.09. The van der Waals surface area contributed by atoms with Crippen molar-refractivity contribution in [2.24, 2.45) is 0 Å². The van der Waals surface area contributed by atoms with Gasteiger partial charge in [0.05, 0.1) is 23.1 Å². The fourth-order valence-electron chi connectivity index (χ4n) is 2.52. The van der Waals surface area contributed by atoms with Gasteiger partial charge < -0.3 is 10.2 Å². The second kappa shape index (κ2) is 5.95. The second-order valence-corrected chi connectivity index (χ2v) is 7.11. The van der Waals surface area contributed by atoms with E-state index in [0.717, 1.165) is 12.1 Å². The number of piperazine rings is 1. The van der Waals surface area contributed by atoms with Gasteiger partial charge in [-0.2, -0.15) is 11.3 Å². The summed E-state index contributed by atoms with van der Waals surface area (Å²) < 4.78 is 0. The van der Waals surface area contributed by atoms with Crippen molar-refractivity contribution in [1.29, 1.82) is 0 Å². The standard InChI is InChI=1S/C15H17ClN4OS/c1-15(2)9-20(4-3-19-15)14(21)13-6-17-12(5-18-13)10-7-22-8-11(10)16/h5-8,19H,3-4,9H2,1-2H3. The third-order valence-corrected chi connectivity index (χ3v) is 4.81. The molecule has 0 saturated carbocycles. The number of rotatable bonds is 2. The summed E-state index contributed by atoms with van der Waals surface area (Å²) in [7, 11) is 0. The molecule has 3 heterocycles. The van der Waals surface area contributed by atoms with Gasteiger partial charge in [-0.1, -0.05) is 11.6 Å². The molecule has 0 aliphatic carbocycles. The van der Waals surface area contributed by atoms with Crippen molar-refractivity contribution < 1.29 is 4.79 Å². The van der Waals surface area contributed by atoms with Gasteiger partial charge in [-0.15, -0.1) is 0 Å². The van der Waals surface area contributed by atoms with E-state index in [2.05, 4.69) is 29.1 Å². The summed E-state index contributed by atoms with van der Waals surface area (Å²) in [5, 5.41) is 7.81. The first-order valence-electron chi connectivity index (χ1n) is 7.05. The number of nitrogens with zero attached hydrogens (tertiary/aromatic N) is 3. The zero-order chi connectivity index (χ0) is 15.7. The van der Waals surface area contributed by atoms with Gasteiger partial charge >= 0.3 is 0 Å². The summed E-state index contributed by atoms with van der Waals surface area (Å²) in [6.07, 6.45) is 3.13. The van der Waals surface area contributed by atoms with E-state index in [0.29, 0.717) is 29.5 Å². The molecule has 5 nitrogen and oxygen atoms in total. The number of carbonyl (C=O) groups excluding carboxylic acids is 1. The highest BCUT2D eigenvalue weighted by Crippen LogP contribution is 2.29. The molecule has 2 aromatic heterocycles. The Morgan fingerprint density at radius 2 is 2.18 bits per heavy atom. The van der Waals surface area contributed by atoms with Crippen LogP contribution in [0.4, 0.5) is 0 Å². The lowest BCUT2D eigenvalue weighted by Gasteiger charge is -2.38. The van der Waals surface area contributed by atoms with Gasteiger partial charge in [0.2, 0.25) is 0 Å². The molecule has 22 heavy (non-hydrogen) atoms. The molecule has 1 amide bonds. The van der Waals surface area contributed by atoms with Crippen LogP contribution < -0.4 is 5.32 Å². The first-order valence-corrected chi connectivity index (χ1v) is 8.37. The van der Waals surface area contributed by atoms with Crippen molar-refractivity contribution in [3.63, 3.8) is 0 Å². The molecule has 1 saturated heterocycles. The lowest BCUT2D eigenvalue weighted by Crippen LogP contribution is -2.58. The molecular formula is C15H17ClN4OS. The minimum absolute atomic E-state index is 0.0779. The topological polar surface area (TPSA) is 58.1 Å². The summed E-state index contributed by atoms with van der Waals surface area (Å²) in [4.78, 5) is 22.9. The molecule has 0 unspecified atom stereocenters. The Bertz CT molecular complexity index is 683. The van der Waals surface area contributed by atoms with E-state index < -0.39 is 0 Å². The largest absolute Gasteiger partial charge is 0.334 e. The van der Waals surface area contributed by atoms with E-state index >= 15 is 0 Å². The molecule has 0 atom stereocenters. The Kier molecular flexibility index (Phi) is 4.16. The average molecular weight is 337 g/mol. The van der Waals surface area contributed by atoms with Gasteiger partial charge in [0, 0.05) is 41.5 Å². The van der Waals surface area contributed by atoms with E-state index in [1.807, 2.05) is 15.7 Å². The van der Waals surface area contributed by atoms with Crippen molar-refractivity contribution in [3.8, 4) is 11.3 Å². The fraction of sp³-hybridized carbons (Fsp3) is 0.400. The Balaban J connectivity index is 1.78. The van der Waals surface area contributed by atoms with Crippen LogP contribution >= 0.6 is 22.9 Å². The Morgan fingerprint density at radius 3 is 2.77 bits per heavy atom. The number of carbonyl (C=O) groups is 1.